The van der Waals surface area contributed by atoms with Crippen molar-refractivity contribution >= 4 is 11.8 Å². The van der Waals surface area contributed by atoms with Crippen molar-refractivity contribution in [2.75, 3.05) is 18.1 Å². The molecule has 0 aliphatic carbocycles. The third-order valence-corrected chi connectivity index (χ3v) is 5.20. The lowest BCUT2D eigenvalue weighted by Gasteiger charge is -2.25. The van der Waals surface area contributed by atoms with Gasteiger partial charge in [0.05, 0.1) is 0 Å². The lowest BCUT2D eigenvalue weighted by atomic mass is 9.90. The number of hydrogen-bond acceptors (Lipinski definition) is 2. The Hall–Kier alpha value is -0.470. The third kappa shape index (κ3) is 4.00. The molecule has 1 nitrogen and oxygen atoms in total. The Kier molecular flexibility index (Phi) is 5.77. The lowest BCUT2D eigenvalue weighted by Crippen LogP contribution is -2.29. The van der Waals surface area contributed by atoms with Crippen LogP contribution in [-0.2, 0) is 0 Å². The third-order valence-electron chi connectivity index (χ3n) is 4.01. The molecule has 1 aliphatic rings. The summed E-state index contributed by atoms with van der Waals surface area (Å²) in [6.45, 7) is 7.89. The van der Waals surface area contributed by atoms with Crippen molar-refractivity contribution in [3.05, 3.63) is 35.4 Å². The van der Waals surface area contributed by atoms with Crippen LogP contribution in [0.3, 0.4) is 0 Å². The summed E-state index contributed by atoms with van der Waals surface area (Å²) in [7, 11) is 0. The molecule has 0 spiro atoms. The summed E-state index contributed by atoms with van der Waals surface area (Å²) < 4.78 is 0. The number of rotatable bonds is 6. The van der Waals surface area contributed by atoms with Crippen LogP contribution in [0.1, 0.15) is 56.7 Å². The van der Waals surface area contributed by atoms with Crippen molar-refractivity contribution in [2.45, 2.75) is 45.6 Å². The SMILES string of the molecule is CCCNC(c1ccc(C(C)C)cc1)C1CCSC1. The molecular weight excluding hydrogens is 250 g/mol. The molecule has 1 aromatic carbocycles. The first kappa shape index (κ1) is 14.9. The molecule has 2 unspecified atom stereocenters. The standard InChI is InChI=1S/C17H27NS/c1-4-10-18-17(16-9-11-19-12-16)15-7-5-14(6-8-15)13(2)3/h5-8,13,16-18H,4,9-12H2,1-3H3. The van der Waals surface area contributed by atoms with Crippen LogP contribution in [0.25, 0.3) is 0 Å². The van der Waals surface area contributed by atoms with Crippen LogP contribution in [0.2, 0.25) is 0 Å². The van der Waals surface area contributed by atoms with Gasteiger partial charge in [-0.1, -0.05) is 45.0 Å². The Morgan fingerprint density at radius 1 is 1.21 bits per heavy atom. The van der Waals surface area contributed by atoms with Crippen LogP contribution in [0.15, 0.2) is 24.3 Å². The highest BCUT2D eigenvalue weighted by atomic mass is 32.2. The minimum absolute atomic E-state index is 0.552. The van der Waals surface area contributed by atoms with Gasteiger partial charge in [0.2, 0.25) is 0 Å². The van der Waals surface area contributed by atoms with Crippen molar-refractivity contribution in [3.63, 3.8) is 0 Å². The molecule has 1 aromatic rings. The zero-order chi connectivity index (χ0) is 13.7. The Balaban J connectivity index is 2.11. The first-order chi connectivity index (χ1) is 9.22. The van der Waals surface area contributed by atoms with Gasteiger partial charge in [0.15, 0.2) is 0 Å². The van der Waals surface area contributed by atoms with Crippen molar-refractivity contribution in [3.8, 4) is 0 Å². The fourth-order valence-electron chi connectivity index (χ4n) is 2.76. The summed E-state index contributed by atoms with van der Waals surface area (Å²) in [5.41, 5.74) is 2.92. The van der Waals surface area contributed by atoms with Gasteiger partial charge in [0.1, 0.15) is 0 Å². The molecule has 106 valence electrons. The predicted molar refractivity (Wildman–Crippen MR) is 87.0 cm³/mol. The summed E-state index contributed by atoms with van der Waals surface area (Å²) >= 11 is 2.11. The summed E-state index contributed by atoms with van der Waals surface area (Å²) in [6.07, 6.45) is 2.57. The minimum Gasteiger partial charge on any atom is -0.310 e. The summed E-state index contributed by atoms with van der Waals surface area (Å²) in [5, 5.41) is 3.76. The van der Waals surface area contributed by atoms with E-state index in [-0.39, 0.29) is 0 Å². The normalized spacial score (nSPS) is 20.9. The average molecular weight is 277 g/mol. The molecule has 0 amide bonds. The average Bonchev–Trinajstić information content (AvgIpc) is 2.94. The number of nitrogens with one attached hydrogen (secondary N) is 1. The molecule has 0 radical (unpaired) electrons. The maximum atomic E-state index is 3.76. The van der Waals surface area contributed by atoms with Gasteiger partial charge in [0, 0.05) is 6.04 Å². The molecular formula is C17H27NS. The number of thioether (sulfide) groups is 1. The van der Waals surface area contributed by atoms with Crippen LogP contribution in [0, 0.1) is 5.92 Å². The number of benzene rings is 1. The maximum Gasteiger partial charge on any atom is 0.0356 e. The van der Waals surface area contributed by atoms with Crippen molar-refractivity contribution in [1.82, 2.24) is 5.32 Å². The second-order valence-electron chi connectivity index (χ2n) is 5.88. The molecule has 2 heteroatoms. The van der Waals surface area contributed by atoms with Gasteiger partial charge in [-0.2, -0.15) is 11.8 Å². The Bertz CT molecular complexity index is 365. The van der Waals surface area contributed by atoms with Crippen molar-refractivity contribution in [2.24, 2.45) is 5.92 Å². The lowest BCUT2D eigenvalue weighted by molar-refractivity contribution is 0.393. The largest absolute Gasteiger partial charge is 0.310 e. The Morgan fingerprint density at radius 3 is 2.42 bits per heavy atom. The summed E-state index contributed by atoms with van der Waals surface area (Å²) in [6, 6.07) is 9.85. The van der Waals surface area contributed by atoms with E-state index in [1.807, 2.05) is 0 Å². The van der Waals surface area contributed by atoms with Crippen LogP contribution in [0.4, 0.5) is 0 Å². The fourth-order valence-corrected chi connectivity index (χ4v) is 4.06. The molecule has 0 saturated carbocycles. The molecule has 2 rings (SSSR count). The summed E-state index contributed by atoms with van der Waals surface area (Å²) in [4.78, 5) is 0. The van der Waals surface area contributed by atoms with Gasteiger partial charge in [-0.05, 0) is 53.9 Å². The molecule has 0 bridgehead atoms. The number of hydrogen-bond donors (Lipinski definition) is 1. The van der Waals surface area contributed by atoms with Crippen LogP contribution < -0.4 is 5.32 Å². The summed E-state index contributed by atoms with van der Waals surface area (Å²) in [5.74, 6) is 4.08. The van der Waals surface area contributed by atoms with E-state index in [0.717, 1.165) is 12.5 Å². The first-order valence-corrected chi connectivity index (χ1v) is 8.78. The van der Waals surface area contributed by atoms with Gasteiger partial charge < -0.3 is 5.32 Å². The van der Waals surface area contributed by atoms with E-state index in [2.05, 4.69) is 62.1 Å². The van der Waals surface area contributed by atoms with Crippen LogP contribution in [-0.4, -0.2) is 18.1 Å². The zero-order valence-electron chi connectivity index (χ0n) is 12.5. The minimum atomic E-state index is 0.552. The molecule has 0 aromatic heterocycles. The van der Waals surface area contributed by atoms with Crippen LogP contribution >= 0.6 is 11.8 Å². The van der Waals surface area contributed by atoms with Crippen molar-refractivity contribution in [1.29, 1.82) is 0 Å². The van der Waals surface area contributed by atoms with Crippen molar-refractivity contribution < 1.29 is 0 Å². The topological polar surface area (TPSA) is 12.0 Å². The quantitative estimate of drug-likeness (QED) is 0.815. The molecule has 1 fully saturated rings. The highest BCUT2D eigenvalue weighted by molar-refractivity contribution is 7.99. The molecule has 19 heavy (non-hydrogen) atoms. The van der Waals surface area contributed by atoms with E-state index in [4.69, 9.17) is 0 Å². The maximum absolute atomic E-state index is 3.76. The predicted octanol–water partition coefficient (Wildman–Crippen LogP) is 4.60. The van der Waals surface area contributed by atoms with Gasteiger partial charge in [-0.15, -0.1) is 0 Å². The molecule has 1 aliphatic heterocycles. The second-order valence-corrected chi connectivity index (χ2v) is 7.03. The van der Waals surface area contributed by atoms with E-state index in [0.29, 0.717) is 12.0 Å². The molecule has 1 saturated heterocycles. The van der Waals surface area contributed by atoms with E-state index in [1.54, 1.807) is 0 Å². The highest BCUT2D eigenvalue weighted by Crippen LogP contribution is 2.34. The first-order valence-electron chi connectivity index (χ1n) is 7.63. The fraction of sp³-hybridized carbons (Fsp3) is 0.647. The zero-order valence-corrected chi connectivity index (χ0v) is 13.3. The van der Waals surface area contributed by atoms with E-state index < -0.39 is 0 Å². The van der Waals surface area contributed by atoms with Gasteiger partial charge >= 0.3 is 0 Å². The van der Waals surface area contributed by atoms with E-state index >= 15 is 0 Å². The second kappa shape index (κ2) is 7.35. The van der Waals surface area contributed by atoms with Gasteiger partial charge in [0.25, 0.3) is 0 Å². The smallest absolute Gasteiger partial charge is 0.0356 e. The highest BCUT2D eigenvalue weighted by Gasteiger charge is 2.26. The van der Waals surface area contributed by atoms with E-state index in [1.165, 1.54) is 35.5 Å². The van der Waals surface area contributed by atoms with E-state index in [9.17, 15) is 0 Å². The molecule has 1 heterocycles. The Morgan fingerprint density at radius 2 is 1.89 bits per heavy atom. The van der Waals surface area contributed by atoms with Crippen LogP contribution in [0.5, 0.6) is 0 Å². The monoisotopic (exact) mass is 277 g/mol. The molecule has 2 atom stereocenters. The Labute approximate surface area is 122 Å². The van der Waals surface area contributed by atoms with Gasteiger partial charge in [-0.3, -0.25) is 0 Å². The molecule has 1 N–H and O–H groups in total. The van der Waals surface area contributed by atoms with Gasteiger partial charge in [-0.25, -0.2) is 0 Å².